The number of nitrogens with one attached hydrogen (secondary N) is 1. The summed E-state index contributed by atoms with van der Waals surface area (Å²) in [6.45, 7) is 1.94. The van der Waals surface area contributed by atoms with E-state index in [1.165, 1.54) is 0 Å². The fourth-order valence-electron chi connectivity index (χ4n) is 1.72. The highest BCUT2D eigenvalue weighted by Crippen LogP contribution is 2.17. The van der Waals surface area contributed by atoms with E-state index in [9.17, 15) is 4.79 Å². The van der Waals surface area contributed by atoms with Crippen molar-refractivity contribution in [2.75, 3.05) is 0 Å². The predicted octanol–water partition coefficient (Wildman–Crippen LogP) is 4.59. The normalized spacial score (nSPS) is 11.9. The van der Waals surface area contributed by atoms with E-state index in [4.69, 9.17) is 11.6 Å². The lowest BCUT2D eigenvalue weighted by Crippen LogP contribution is -2.26. The first-order valence-corrected chi connectivity index (χ1v) is 7.05. The molecule has 0 bridgehead atoms. The van der Waals surface area contributed by atoms with Gasteiger partial charge < -0.3 is 5.32 Å². The number of benzene rings is 2. The minimum atomic E-state index is -0.0880. The van der Waals surface area contributed by atoms with Crippen LogP contribution in [0.5, 0.6) is 0 Å². The Hall–Kier alpha value is -1.32. The summed E-state index contributed by atoms with van der Waals surface area (Å²) in [5.41, 5.74) is 1.67. The molecule has 98 valence electrons. The maximum absolute atomic E-state index is 12.1. The number of carbonyl (C=O) groups excluding carboxylic acids is 1. The summed E-state index contributed by atoms with van der Waals surface area (Å²) in [7, 11) is 0. The monoisotopic (exact) mass is 337 g/mol. The van der Waals surface area contributed by atoms with E-state index in [-0.39, 0.29) is 11.9 Å². The van der Waals surface area contributed by atoms with E-state index < -0.39 is 0 Å². The third kappa shape index (κ3) is 3.82. The Bertz CT molecular complexity index is 566. The molecule has 0 aliphatic heterocycles. The molecule has 0 aliphatic carbocycles. The maximum atomic E-state index is 12.1. The second-order valence-corrected chi connectivity index (χ2v) is 5.61. The van der Waals surface area contributed by atoms with Crippen LogP contribution in [0, 0.1) is 0 Å². The Morgan fingerprint density at radius 2 is 1.68 bits per heavy atom. The van der Waals surface area contributed by atoms with Crippen molar-refractivity contribution in [3.05, 3.63) is 69.2 Å². The summed E-state index contributed by atoms with van der Waals surface area (Å²) in [5.74, 6) is -0.0880. The van der Waals surface area contributed by atoms with Crippen molar-refractivity contribution >= 4 is 33.4 Å². The zero-order chi connectivity index (χ0) is 13.8. The summed E-state index contributed by atoms with van der Waals surface area (Å²) >= 11 is 9.19. The minimum absolute atomic E-state index is 0.0617. The molecule has 0 fully saturated rings. The summed E-state index contributed by atoms with van der Waals surface area (Å²) in [6.07, 6.45) is 0. The zero-order valence-electron chi connectivity index (χ0n) is 10.4. The van der Waals surface area contributed by atoms with Gasteiger partial charge in [0.1, 0.15) is 0 Å². The fourth-order valence-corrected chi connectivity index (χ4v) is 2.11. The van der Waals surface area contributed by atoms with Crippen LogP contribution in [0.3, 0.4) is 0 Å². The molecule has 2 rings (SSSR count). The van der Waals surface area contributed by atoms with Crippen LogP contribution in [0.1, 0.15) is 28.9 Å². The van der Waals surface area contributed by atoms with Gasteiger partial charge in [-0.25, -0.2) is 0 Å². The highest BCUT2D eigenvalue weighted by atomic mass is 79.9. The molecule has 0 heterocycles. The van der Waals surface area contributed by atoms with Crippen LogP contribution in [0.4, 0.5) is 0 Å². The highest BCUT2D eigenvalue weighted by molar-refractivity contribution is 9.10. The summed E-state index contributed by atoms with van der Waals surface area (Å²) in [6, 6.07) is 14.7. The molecule has 2 nitrogen and oxygen atoms in total. The highest BCUT2D eigenvalue weighted by Gasteiger charge is 2.11. The Morgan fingerprint density at radius 1 is 1.11 bits per heavy atom. The zero-order valence-corrected chi connectivity index (χ0v) is 12.7. The number of amides is 1. The summed E-state index contributed by atoms with van der Waals surface area (Å²) in [4.78, 5) is 12.1. The molecule has 0 saturated carbocycles. The molecule has 0 aliphatic rings. The first kappa shape index (κ1) is 14.1. The molecular weight excluding hydrogens is 326 g/mol. The maximum Gasteiger partial charge on any atom is 0.251 e. The van der Waals surface area contributed by atoms with Gasteiger partial charge in [-0.2, -0.15) is 0 Å². The van der Waals surface area contributed by atoms with E-state index >= 15 is 0 Å². The van der Waals surface area contributed by atoms with Crippen molar-refractivity contribution in [3.63, 3.8) is 0 Å². The first-order chi connectivity index (χ1) is 9.06. The van der Waals surface area contributed by atoms with Crippen LogP contribution in [-0.4, -0.2) is 5.91 Å². The Labute approximate surface area is 125 Å². The lowest BCUT2D eigenvalue weighted by Gasteiger charge is -2.14. The Kier molecular flexibility index (Phi) is 4.61. The summed E-state index contributed by atoms with van der Waals surface area (Å²) < 4.78 is 0.954. The molecular formula is C15H13BrClNO. The largest absolute Gasteiger partial charge is 0.346 e. The van der Waals surface area contributed by atoms with Gasteiger partial charge in [-0.3, -0.25) is 4.79 Å². The van der Waals surface area contributed by atoms with Crippen molar-refractivity contribution in [1.82, 2.24) is 5.32 Å². The lowest BCUT2D eigenvalue weighted by atomic mass is 10.1. The van der Waals surface area contributed by atoms with E-state index in [0.717, 1.165) is 10.0 Å². The third-order valence-electron chi connectivity index (χ3n) is 2.82. The van der Waals surface area contributed by atoms with Crippen molar-refractivity contribution < 1.29 is 4.79 Å². The molecule has 2 aromatic carbocycles. The predicted molar refractivity (Wildman–Crippen MR) is 81.5 cm³/mol. The third-order valence-corrected chi connectivity index (χ3v) is 3.60. The molecule has 0 spiro atoms. The lowest BCUT2D eigenvalue weighted by molar-refractivity contribution is 0.0940. The number of halogens is 2. The molecule has 4 heteroatoms. The number of hydrogen-bond donors (Lipinski definition) is 1. The van der Waals surface area contributed by atoms with Crippen LogP contribution in [-0.2, 0) is 0 Å². The average Bonchev–Trinajstić information content (AvgIpc) is 2.40. The van der Waals surface area contributed by atoms with Crippen LogP contribution in [0.2, 0.25) is 5.02 Å². The smallest absolute Gasteiger partial charge is 0.251 e. The minimum Gasteiger partial charge on any atom is -0.346 e. The first-order valence-electron chi connectivity index (χ1n) is 5.88. The molecule has 19 heavy (non-hydrogen) atoms. The second kappa shape index (κ2) is 6.22. The van der Waals surface area contributed by atoms with Gasteiger partial charge in [0.2, 0.25) is 0 Å². The molecule has 1 N–H and O–H groups in total. The van der Waals surface area contributed by atoms with Crippen LogP contribution >= 0.6 is 27.5 Å². The molecule has 0 aromatic heterocycles. The number of hydrogen-bond acceptors (Lipinski definition) is 1. The molecule has 0 unspecified atom stereocenters. The van der Waals surface area contributed by atoms with Crippen molar-refractivity contribution in [1.29, 1.82) is 0 Å². The van der Waals surface area contributed by atoms with E-state index in [2.05, 4.69) is 21.2 Å². The van der Waals surface area contributed by atoms with Gasteiger partial charge in [0.05, 0.1) is 6.04 Å². The van der Waals surface area contributed by atoms with E-state index in [1.807, 2.05) is 43.3 Å². The Balaban J connectivity index is 2.06. The van der Waals surface area contributed by atoms with Gasteiger partial charge in [-0.05, 0) is 48.9 Å². The van der Waals surface area contributed by atoms with E-state index in [0.29, 0.717) is 10.6 Å². The fraction of sp³-hybridized carbons (Fsp3) is 0.133. The molecule has 0 radical (unpaired) electrons. The van der Waals surface area contributed by atoms with Gasteiger partial charge in [0.25, 0.3) is 5.91 Å². The van der Waals surface area contributed by atoms with Gasteiger partial charge in [0.15, 0.2) is 0 Å². The van der Waals surface area contributed by atoms with Crippen LogP contribution in [0.15, 0.2) is 53.0 Å². The topological polar surface area (TPSA) is 29.1 Å². The van der Waals surface area contributed by atoms with Gasteiger partial charge in [-0.15, -0.1) is 0 Å². The summed E-state index contributed by atoms with van der Waals surface area (Å²) in [5, 5.41) is 3.64. The van der Waals surface area contributed by atoms with E-state index in [1.54, 1.807) is 12.1 Å². The molecule has 0 saturated heterocycles. The average molecular weight is 339 g/mol. The van der Waals surface area contributed by atoms with Crippen LogP contribution < -0.4 is 5.32 Å². The Morgan fingerprint density at radius 3 is 2.26 bits per heavy atom. The molecule has 2 aromatic rings. The number of carbonyl (C=O) groups is 1. The van der Waals surface area contributed by atoms with Crippen molar-refractivity contribution in [2.24, 2.45) is 0 Å². The van der Waals surface area contributed by atoms with Crippen LogP contribution in [0.25, 0.3) is 0 Å². The quantitative estimate of drug-likeness (QED) is 0.871. The van der Waals surface area contributed by atoms with Gasteiger partial charge in [0, 0.05) is 15.1 Å². The second-order valence-electron chi connectivity index (χ2n) is 4.25. The SMILES string of the molecule is C[C@@H](NC(=O)c1ccc(Br)cc1)c1ccc(Cl)cc1. The standard InChI is InChI=1S/C15H13BrClNO/c1-10(11-4-8-14(17)9-5-11)18-15(19)12-2-6-13(16)7-3-12/h2-10H,1H3,(H,18,19)/t10-/m1/s1. The molecule has 1 atom stereocenters. The van der Waals surface area contributed by atoms with Gasteiger partial charge >= 0.3 is 0 Å². The van der Waals surface area contributed by atoms with Crippen molar-refractivity contribution in [2.45, 2.75) is 13.0 Å². The number of rotatable bonds is 3. The van der Waals surface area contributed by atoms with Gasteiger partial charge in [-0.1, -0.05) is 39.7 Å². The molecule has 1 amide bonds. The van der Waals surface area contributed by atoms with Crippen molar-refractivity contribution in [3.8, 4) is 0 Å².